The van der Waals surface area contributed by atoms with E-state index < -0.39 is 5.97 Å². The highest BCUT2D eigenvalue weighted by atomic mass is 16.4. The minimum atomic E-state index is -0.829. The van der Waals surface area contributed by atoms with E-state index in [0.717, 1.165) is 24.8 Å². The molecule has 0 heterocycles. The van der Waals surface area contributed by atoms with Crippen molar-refractivity contribution >= 4 is 5.97 Å². The number of carboxylic acid groups (broad SMARTS) is 1. The van der Waals surface area contributed by atoms with Gasteiger partial charge in [0.15, 0.2) is 0 Å². The van der Waals surface area contributed by atoms with Crippen LogP contribution in [0.5, 0.6) is 0 Å². The second-order valence-corrected chi connectivity index (χ2v) is 4.53. The first-order valence-electron chi connectivity index (χ1n) is 5.96. The van der Waals surface area contributed by atoms with Crippen LogP contribution in [0.1, 0.15) is 35.6 Å². The summed E-state index contributed by atoms with van der Waals surface area (Å²) in [5.74, 6) is -0.829. The van der Waals surface area contributed by atoms with Crippen LogP contribution in [-0.2, 0) is 17.8 Å². The van der Waals surface area contributed by atoms with Crippen LogP contribution in [0.4, 0.5) is 0 Å². The maximum atomic E-state index is 10.4. The molecular formula is C13H18N2O2. The monoisotopic (exact) mass is 234 g/mol. The van der Waals surface area contributed by atoms with E-state index in [9.17, 15) is 4.79 Å². The zero-order valence-electron chi connectivity index (χ0n) is 9.78. The Kier molecular flexibility index (Phi) is 3.76. The predicted molar refractivity (Wildman–Crippen MR) is 65.7 cm³/mol. The molecule has 0 saturated heterocycles. The highest BCUT2D eigenvalue weighted by Gasteiger charge is 2.16. The van der Waals surface area contributed by atoms with Crippen molar-refractivity contribution < 1.29 is 9.90 Å². The molecule has 0 fully saturated rings. The van der Waals surface area contributed by atoms with E-state index in [1.165, 1.54) is 11.1 Å². The fourth-order valence-corrected chi connectivity index (χ4v) is 2.33. The van der Waals surface area contributed by atoms with E-state index in [2.05, 4.69) is 17.4 Å². The molecule has 17 heavy (non-hydrogen) atoms. The van der Waals surface area contributed by atoms with Gasteiger partial charge >= 0.3 is 5.97 Å². The van der Waals surface area contributed by atoms with Gasteiger partial charge in [0.2, 0.25) is 0 Å². The molecule has 1 aliphatic rings. The first-order valence-corrected chi connectivity index (χ1v) is 5.96. The second kappa shape index (κ2) is 5.29. The van der Waals surface area contributed by atoms with Crippen molar-refractivity contribution in [3.63, 3.8) is 0 Å². The Labute approximate surface area is 101 Å². The molecule has 0 saturated carbocycles. The number of carbonyl (C=O) groups is 1. The van der Waals surface area contributed by atoms with Gasteiger partial charge in [-0.25, -0.2) is 0 Å². The Hall–Kier alpha value is -1.39. The summed E-state index contributed by atoms with van der Waals surface area (Å²) >= 11 is 0. The van der Waals surface area contributed by atoms with Gasteiger partial charge in [0.05, 0.1) is 6.54 Å². The smallest absolute Gasteiger partial charge is 0.317 e. The van der Waals surface area contributed by atoms with Crippen molar-refractivity contribution in [3.8, 4) is 0 Å². The molecule has 1 aromatic carbocycles. The average Bonchev–Trinajstić information content (AvgIpc) is 2.29. The fourth-order valence-electron chi connectivity index (χ4n) is 2.33. The van der Waals surface area contributed by atoms with Crippen LogP contribution in [0.15, 0.2) is 18.2 Å². The van der Waals surface area contributed by atoms with Crippen LogP contribution in [0.2, 0.25) is 0 Å². The molecule has 4 N–H and O–H groups in total. The standard InChI is InChI=1S/C13H18N2O2/c14-12-3-1-2-10-6-9(4-5-11(10)12)7-15-8-13(16)17/h4-6,12,15H,1-3,7-8,14H2,(H,16,17). The lowest BCUT2D eigenvalue weighted by molar-refractivity contribution is -0.135. The molecule has 4 nitrogen and oxygen atoms in total. The zero-order valence-corrected chi connectivity index (χ0v) is 9.78. The van der Waals surface area contributed by atoms with Crippen LogP contribution in [0.25, 0.3) is 0 Å². The lowest BCUT2D eigenvalue weighted by Crippen LogP contribution is -2.22. The molecule has 0 spiro atoms. The molecule has 1 aromatic rings. The Morgan fingerprint density at radius 2 is 2.35 bits per heavy atom. The summed E-state index contributed by atoms with van der Waals surface area (Å²) in [6.07, 6.45) is 3.28. The molecule has 1 aliphatic carbocycles. The average molecular weight is 234 g/mol. The number of fused-ring (bicyclic) bond motifs is 1. The molecule has 0 bridgehead atoms. The molecule has 2 rings (SSSR count). The maximum absolute atomic E-state index is 10.4. The van der Waals surface area contributed by atoms with Crippen molar-refractivity contribution in [1.82, 2.24) is 5.32 Å². The summed E-state index contributed by atoms with van der Waals surface area (Å²) < 4.78 is 0. The summed E-state index contributed by atoms with van der Waals surface area (Å²) in [7, 11) is 0. The Morgan fingerprint density at radius 1 is 1.53 bits per heavy atom. The maximum Gasteiger partial charge on any atom is 0.317 e. The third-order valence-corrected chi connectivity index (χ3v) is 3.17. The summed E-state index contributed by atoms with van der Waals surface area (Å²) in [6.45, 7) is 0.589. The SMILES string of the molecule is NC1CCCc2cc(CNCC(=O)O)ccc21. The Morgan fingerprint density at radius 3 is 3.12 bits per heavy atom. The van der Waals surface area contributed by atoms with Crippen molar-refractivity contribution in [2.24, 2.45) is 5.73 Å². The number of aryl methyl sites for hydroxylation is 1. The highest BCUT2D eigenvalue weighted by molar-refractivity contribution is 5.69. The van der Waals surface area contributed by atoms with E-state index in [0.29, 0.717) is 6.54 Å². The van der Waals surface area contributed by atoms with E-state index in [1.54, 1.807) is 0 Å². The fraction of sp³-hybridized carbons (Fsp3) is 0.462. The molecule has 0 amide bonds. The summed E-state index contributed by atoms with van der Waals surface area (Å²) in [4.78, 5) is 10.4. The molecular weight excluding hydrogens is 216 g/mol. The Balaban J connectivity index is 2.03. The predicted octanol–water partition coefficient (Wildman–Crippen LogP) is 1.20. The molecule has 0 radical (unpaired) electrons. The van der Waals surface area contributed by atoms with Crippen molar-refractivity contribution in [1.29, 1.82) is 0 Å². The number of carboxylic acids is 1. The number of nitrogens with one attached hydrogen (secondary N) is 1. The van der Waals surface area contributed by atoms with E-state index >= 15 is 0 Å². The number of rotatable bonds is 4. The van der Waals surface area contributed by atoms with Crippen molar-refractivity contribution in [3.05, 3.63) is 34.9 Å². The summed E-state index contributed by atoms with van der Waals surface area (Å²) in [5.41, 5.74) is 9.73. The first-order chi connectivity index (χ1) is 8.16. The molecule has 92 valence electrons. The van der Waals surface area contributed by atoms with Crippen LogP contribution < -0.4 is 11.1 Å². The number of benzene rings is 1. The molecule has 1 atom stereocenters. The number of nitrogens with two attached hydrogens (primary N) is 1. The Bertz CT molecular complexity index is 418. The highest BCUT2D eigenvalue weighted by Crippen LogP contribution is 2.28. The summed E-state index contributed by atoms with van der Waals surface area (Å²) in [5, 5.41) is 11.4. The number of aliphatic carboxylic acids is 1. The lowest BCUT2D eigenvalue weighted by atomic mass is 9.87. The van der Waals surface area contributed by atoms with Crippen molar-refractivity contribution in [2.45, 2.75) is 31.8 Å². The van der Waals surface area contributed by atoms with E-state index in [4.69, 9.17) is 10.8 Å². The number of hydrogen-bond acceptors (Lipinski definition) is 3. The van der Waals surface area contributed by atoms with Gasteiger partial charge in [0, 0.05) is 12.6 Å². The van der Waals surface area contributed by atoms with Gasteiger partial charge < -0.3 is 16.2 Å². The van der Waals surface area contributed by atoms with Gasteiger partial charge in [-0.15, -0.1) is 0 Å². The zero-order chi connectivity index (χ0) is 12.3. The van der Waals surface area contributed by atoms with Gasteiger partial charge in [-0.05, 0) is 36.0 Å². The van der Waals surface area contributed by atoms with Gasteiger partial charge in [0.25, 0.3) is 0 Å². The van der Waals surface area contributed by atoms with E-state index in [1.807, 2.05) is 6.07 Å². The lowest BCUT2D eigenvalue weighted by Gasteiger charge is -2.22. The topological polar surface area (TPSA) is 75.3 Å². The van der Waals surface area contributed by atoms with Gasteiger partial charge in [-0.2, -0.15) is 0 Å². The molecule has 0 aliphatic heterocycles. The van der Waals surface area contributed by atoms with Gasteiger partial charge in [-0.3, -0.25) is 4.79 Å². The van der Waals surface area contributed by atoms with Crippen LogP contribution in [-0.4, -0.2) is 17.6 Å². The molecule has 4 heteroatoms. The van der Waals surface area contributed by atoms with Gasteiger partial charge in [-0.1, -0.05) is 18.2 Å². The van der Waals surface area contributed by atoms with Crippen LogP contribution >= 0.6 is 0 Å². The summed E-state index contributed by atoms with van der Waals surface area (Å²) in [6, 6.07) is 6.42. The van der Waals surface area contributed by atoms with E-state index in [-0.39, 0.29) is 12.6 Å². The third-order valence-electron chi connectivity index (χ3n) is 3.17. The van der Waals surface area contributed by atoms with Crippen molar-refractivity contribution in [2.75, 3.05) is 6.54 Å². The molecule has 0 aromatic heterocycles. The van der Waals surface area contributed by atoms with Gasteiger partial charge in [0.1, 0.15) is 0 Å². The normalized spacial score (nSPS) is 18.8. The minimum Gasteiger partial charge on any atom is -0.480 e. The first kappa shape index (κ1) is 12.1. The quantitative estimate of drug-likeness (QED) is 0.731. The molecule has 1 unspecified atom stereocenters. The van der Waals surface area contributed by atoms with Crippen LogP contribution in [0.3, 0.4) is 0 Å². The van der Waals surface area contributed by atoms with Crippen LogP contribution in [0, 0.1) is 0 Å². The third kappa shape index (κ3) is 3.05. The minimum absolute atomic E-state index is 0.00337. The largest absolute Gasteiger partial charge is 0.480 e. The number of hydrogen-bond donors (Lipinski definition) is 3. The second-order valence-electron chi connectivity index (χ2n) is 4.53.